The molecule has 2 rings (SSSR count). The molecule has 0 unspecified atom stereocenters. The summed E-state index contributed by atoms with van der Waals surface area (Å²) in [6.45, 7) is 2.14. The fourth-order valence-corrected chi connectivity index (χ4v) is 2.30. The van der Waals surface area contributed by atoms with Crippen molar-refractivity contribution in [1.82, 2.24) is 0 Å². The smallest absolute Gasteiger partial charge is 0.335 e. The van der Waals surface area contributed by atoms with Gasteiger partial charge in [-0.05, 0) is 48.4 Å². The first kappa shape index (κ1) is 17.4. The Morgan fingerprint density at radius 2 is 1.92 bits per heavy atom. The average molecular weight is 344 g/mol. The van der Waals surface area contributed by atoms with E-state index in [0.717, 1.165) is 0 Å². The number of rotatable bonds is 5. The summed E-state index contributed by atoms with van der Waals surface area (Å²) in [5.74, 6) is -0.953. The highest BCUT2D eigenvalue weighted by atomic mass is 35.5. The second-order valence-electron chi connectivity index (χ2n) is 4.83. The molecule has 0 spiro atoms. The molecule has 0 aliphatic heterocycles. The lowest BCUT2D eigenvalue weighted by Crippen LogP contribution is -1.95. The molecule has 0 bridgehead atoms. The minimum Gasteiger partial charge on any atom is -0.503 e. The Morgan fingerprint density at radius 1 is 1.29 bits per heavy atom. The number of hydrogen-bond donors (Lipinski definition) is 2. The van der Waals surface area contributed by atoms with Crippen molar-refractivity contribution < 1.29 is 19.7 Å². The molecule has 2 N–H and O–H groups in total. The summed E-state index contributed by atoms with van der Waals surface area (Å²) in [4.78, 5) is 10.9. The predicted octanol–water partition coefficient (Wildman–Crippen LogP) is 4.21. The van der Waals surface area contributed by atoms with Crippen LogP contribution in [0.2, 0.25) is 5.02 Å². The Hall–Kier alpha value is -2.97. The molecule has 0 atom stereocenters. The summed E-state index contributed by atoms with van der Waals surface area (Å²) in [5, 5.41) is 28.2. The number of allylic oxidation sites excluding steroid dienone is 1. The van der Waals surface area contributed by atoms with Gasteiger partial charge in [-0.2, -0.15) is 5.26 Å². The zero-order valence-corrected chi connectivity index (χ0v) is 13.5. The quantitative estimate of drug-likeness (QED) is 0.627. The Balaban J connectivity index is 2.44. The zero-order chi connectivity index (χ0) is 17.7. The van der Waals surface area contributed by atoms with Crippen LogP contribution in [0.15, 0.2) is 36.4 Å². The van der Waals surface area contributed by atoms with Crippen molar-refractivity contribution in [3.05, 3.63) is 58.1 Å². The molecule has 5 nitrogen and oxygen atoms in total. The van der Waals surface area contributed by atoms with Gasteiger partial charge in [-0.3, -0.25) is 0 Å². The van der Waals surface area contributed by atoms with Gasteiger partial charge in [-0.25, -0.2) is 4.79 Å². The number of phenols is 1. The number of ether oxygens (including phenoxy) is 1. The molecule has 0 fully saturated rings. The highest BCUT2D eigenvalue weighted by Gasteiger charge is 2.10. The molecule has 0 radical (unpaired) electrons. The van der Waals surface area contributed by atoms with Gasteiger partial charge in [-0.15, -0.1) is 0 Å². The number of nitriles is 1. The van der Waals surface area contributed by atoms with Gasteiger partial charge in [0.1, 0.15) is 0 Å². The monoisotopic (exact) mass is 343 g/mol. The fraction of sp³-hybridized carbons (Fsp3) is 0.111. The lowest BCUT2D eigenvalue weighted by molar-refractivity contribution is 0.0697. The third-order valence-electron chi connectivity index (χ3n) is 3.22. The average Bonchev–Trinajstić information content (AvgIpc) is 2.57. The van der Waals surface area contributed by atoms with E-state index in [-0.39, 0.29) is 22.1 Å². The first-order valence-electron chi connectivity index (χ1n) is 7.07. The molecule has 0 aliphatic carbocycles. The largest absolute Gasteiger partial charge is 0.503 e. The Bertz CT molecular complexity index is 835. The third-order valence-corrected chi connectivity index (χ3v) is 3.51. The van der Waals surface area contributed by atoms with Crippen molar-refractivity contribution in [2.75, 3.05) is 6.61 Å². The van der Waals surface area contributed by atoms with Crippen molar-refractivity contribution in [3.63, 3.8) is 0 Å². The van der Waals surface area contributed by atoms with Gasteiger partial charge in [0.25, 0.3) is 0 Å². The van der Waals surface area contributed by atoms with Crippen molar-refractivity contribution in [2.24, 2.45) is 0 Å². The molecule has 0 heterocycles. The third kappa shape index (κ3) is 3.86. The van der Waals surface area contributed by atoms with Crippen molar-refractivity contribution in [1.29, 1.82) is 5.26 Å². The van der Waals surface area contributed by atoms with E-state index < -0.39 is 5.97 Å². The van der Waals surface area contributed by atoms with E-state index in [1.54, 1.807) is 31.2 Å². The van der Waals surface area contributed by atoms with Gasteiger partial charge >= 0.3 is 5.97 Å². The summed E-state index contributed by atoms with van der Waals surface area (Å²) in [6.07, 6.45) is 1.59. The maximum Gasteiger partial charge on any atom is 0.335 e. The number of carboxylic acid groups (broad SMARTS) is 1. The number of carbonyl (C=O) groups is 1. The highest BCUT2D eigenvalue weighted by molar-refractivity contribution is 6.32. The number of halogens is 1. The summed E-state index contributed by atoms with van der Waals surface area (Å²) >= 11 is 5.98. The van der Waals surface area contributed by atoms with Crippen LogP contribution in [0.4, 0.5) is 0 Å². The summed E-state index contributed by atoms with van der Waals surface area (Å²) in [5.41, 5.74) is 1.63. The molecule has 24 heavy (non-hydrogen) atoms. The van der Waals surface area contributed by atoms with Crippen LogP contribution in [-0.2, 0) is 0 Å². The van der Waals surface area contributed by atoms with Gasteiger partial charge < -0.3 is 14.9 Å². The molecule has 122 valence electrons. The molecular formula is C18H14ClNO4. The van der Waals surface area contributed by atoms with Crippen LogP contribution in [0.25, 0.3) is 11.6 Å². The first-order chi connectivity index (χ1) is 11.5. The van der Waals surface area contributed by atoms with E-state index in [1.165, 1.54) is 18.2 Å². The van der Waals surface area contributed by atoms with Crippen molar-refractivity contribution in [2.45, 2.75) is 6.92 Å². The topological polar surface area (TPSA) is 90.5 Å². The second-order valence-corrected chi connectivity index (χ2v) is 5.24. The van der Waals surface area contributed by atoms with Gasteiger partial charge in [0.05, 0.1) is 28.8 Å². The summed E-state index contributed by atoms with van der Waals surface area (Å²) < 4.78 is 5.31. The molecule has 2 aromatic rings. The van der Waals surface area contributed by atoms with E-state index in [4.69, 9.17) is 21.4 Å². The van der Waals surface area contributed by atoms with Crippen LogP contribution in [0.3, 0.4) is 0 Å². The SMILES string of the molecule is CCOc1cc(/C=C(/C#N)c2ccc(C(=O)O)cc2)cc(Cl)c1O. The number of carboxylic acids is 1. The van der Waals surface area contributed by atoms with Crippen LogP contribution in [0.1, 0.15) is 28.4 Å². The van der Waals surface area contributed by atoms with Crippen LogP contribution in [0.5, 0.6) is 11.5 Å². The van der Waals surface area contributed by atoms with Crippen LogP contribution < -0.4 is 4.74 Å². The Kier molecular flexibility index (Phi) is 5.46. The Labute approximate surface area is 144 Å². The lowest BCUT2D eigenvalue weighted by Gasteiger charge is -2.09. The molecule has 0 aromatic heterocycles. The van der Waals surface area contributed by atoms with Gasteiger partial charge in [0, 0.05) is 0 Å². The maximum absolute atomic E-state index is 10.9. The molecule has 0 saturated heterocycles. The van der Waals surface area contributed by atoms with Crippen molar-refractivity contribution >= 4 is 29.2 Å². The number of benzene rings is 2. The highest BCUT2D eigenvalue weighted by Crippen LogP contribution is 2.36. The van der Waals surface area contributed by atoms with Gasteiger partial charge in [0.2, 0.25) is 0 Å². The molecule has 6 heteroatoms. The fourth-order valence-electron chi connectivity index (χ4n) is 2.08. The van der Waals surface area contributed by atoms with Gasteiger partial charge in [-0.1, -0.05) is 23.7 Å². The van der Waals surface area contributed by atoms with Crippen LogP contribution in [-0.4, -0.2) is 22.8 Å². The maximum atomic E-state index is 10.9. The first-order valence-corrected chi connectivity index (χ1v) is 7.45. The predicted molar refractivity (Wildman–Crippen MR) is 91.2 cm³/mol. The van der Waals surface area contributed by atoms with Crippen molar-refractivity contribution in [3.8, 4) is 17.6 Å². The number of hydrogen-bond acceptors (Lipinski definition) is 4. The van der Waals surface area contributed by atoms with E-state index in [9.17, 15) is 15.2 Å². The Morgan fingerprint density at radius 3 is 2.46 bits per heavy atom. The van der Waals surface area contributed by atoms with E-state index >= 15 is 0 Å². The van der Waals surface area contributed by atoms with Crippen LogP contribution >= 0.6 is 11.6 Å². The number of aromatic carboxylic acids is 1. The normalized spacial score (nSPS) is 11.0. The second kappa shape index (κ2) is 7.53. The van der Waals surface area contributed by atoms with E-state index in [1.807, 2.05) is 0 Å². The molecule has 0 amide bonds. The molecule has 0 saturated carbocycles. The molecule has 2 aromatic carbocycles. The summed E-state index contributed by atoms with van der Waals surface area (Å²) in [7, 11) is 0. The van der Waals surface area contributed by atoms with Crippen LogP contribution in [0, 0.1) is 11.3 Å². The zero-order valence-electron chi connectivity index (χ0n) is 12.8. The van der Waals surface area contributed by atoms with E-state index in [0.29, 0.717) is 23.3 Å². The van der Waals surface area contributed by atoms with Gasteiger partial charge in [0.15, 0.2) is 11.5 Å². The number of aromatic hydroxyl groups is 1. The summed E-state index contributed by atoms with van der Waals surface area (Å²) in [6, 6.07) is 11.1. The molecular weight excluding hydrogens is 330 g/mol. The lowest BCUT2D eigenvalue weighted by atomic mass is 10.0. The minimum atomic E-state index is -1.03. The standard InChI is InChI=1S/C18H14ClNO4/c1-2-24-16-9-11(8-15(19)17(16)21)7-14(10-20)12-3-5-13(6-4-12)18(22)23/h3-9,21H,2H2,1H3,(H,22,23)/b14-7-. The molecule has 0 aliphatic rings. The van der Waals surface area contributed by atoms with E-state index in [2.05, 4.69) is 6.07 Å². The number of nitrogens with zero attached hydrogens (tertiary/aromatic N) is 1. The number of phenolic OH excluding ortho intramolecular Hbond substituents is 1. The minimum absolute atomic E-state index is 0.116.